The molecular weight excluding hydrogens is 352 g/mol. The molecule has 0 atom stereocenters. The van der Waals surface area contributed by atoms with Gasteiger partial charge in [-0.25, -0.2) is 9.97 Å². The zero-order chi connectivity index (χ0) is 18.4. The molecule has 0 aliphatic rings. The highest BCUT2D eigenvalue weighted by atomic mass is 35.5. The molecule has 0 fully saturated rings. The number of nitrogens with zero attached hydrogens (tertiary/aromatic N) is 2. The average Bonchev–Trinajstić information content (AvgIpc) is 2.66. The van der Waals surface area contributed by atoms with Gasteiger partial charge in [-0.3, -0.25) is 4.79 Å². The van der Waals surface area contributed by atoms with Crippen molar-refractivity contribution in [2.45, 2.75) is 6.92 Å². The second-order valence-corrected chi connectivity index (χ2v) is 5.71. The Hall–Kier alpha value is -3.12. The molecule has 0 saturated heterocycles. The first-order chi connectivity index (χ1) is 12.7. The molecule has 0 aliphatic heterocycles. The summed E-state index contributed by atoms with van der Waals surface area (Å²) in [6.45, 7) is 2.51. The second kappa shape index (κ2) is 8.31. The third kappa shape index (κ3) is 4.49. The van der Waals surface area contributed by atoms with Crippen LogP contribution in [0.4, 0.5) is 17.2 Å². The zero-order valence-corrected chi connectivity index (χ0v) is 14.8. The summed E-state index contributed by atoms with van der Waals surface area (Å²) in [6.07, 6.45) is 2.89. The molecule has 0 spiro atoms. The maximum absolute atomic E-state index is 12.3. The van der Waals surface area contributed by atoms with Crippen LogP contribution in [-0.4, -0.2) is 22.5 Å². The number of nitrogens with one attached hydrogen (secondary N) is 2. The van der Waals surface area contributed by atoms with Gasteiger partial charge in [0.1, 0.15) is 17.3 Å². The summed E-state index contributed by atoms with van der Waals surface area (Å²) in [5, 5.41) is 6.40. The predicted octanol–water partition coefficient (Wildman–Crippen LogP) is 4.52. The van der Waals surface area contributed by atoms with Crippen LogP contribution in [-0.2, 0) is 0 Å². The Labute approximate surface area is 156 Å². The van der Waals surface area contributed by atoms with Crippen molar-refractivity contribution in [3.63, 3.8) is 0 Å². The molecule has 2 aromatic carbocycles. The van der Waals surface area contributed by atoms with E-state index in [4.69, 9.17) is 16.3 Å². The lowest BCUT2D eigenvalue weighted by Gasteiger charge is -2.08. The van der Waals surface area contributed by atoms with E-state index in [0.717, 1.165) is 11.4 Å². The highest BCUT2D eigenvalue weighted by Crippen LogP contribution is 2.23. The van der Waals surface area contributed by atoms with Gasteiger partial charge in [-0.1, -0.05) is 23.7 Å². The molecule has 3 rings (SSSR count). The minimum absolute atomic E-state index is 0.212. The second-order valence-electron chi connectivity index (χ2n) is 5.30. The number of para-hydroxylation sites is 1. The van der Waals surface area contributed by atoms with Crippen molar-refractivity contribution in [3.05, 3.63) is 71.6 Å². The predicted molar refractivity (Wildman–Crippen MR) is 102 cm³/mol. The van der Waals surface area contributed by atoms with E-state index in [2.05, 4.69) is 20.6 Å². The van der Waals surface area contributed by atoms with Crippen molar-refractivity contribution in [1.29, 1.82) is 0 Å². The Morgan fingerprint density at radius 1 is 1.08 bits per heavy atom. The number of rotatable bonds is 6. The first-order valence-electron chi connectivity index (χ1n) is 8.03. The van der Waals surface area contributed by atoms with Gasteiger partial charge in [-0.2, -0.15) is 0 Å². The number of carbonyl (C=O) groups excluding carboxylic acids is 1. The minimum Gasteiger partial charge on any atom is -0.494 e. The largest absolute Gasteiger partial charge is 0.494 e. The topological polar surface area (TPSA) is 76.1 Å². The van der Waals surface area contributed by atoms with Crippen LogP contribution in [0, 0.1) is 0 Å². The molecule has 26 heavy (non-hydrogen) atoms. The lowest BCUT2D eigenvalue weighted by atomic mass is 10.3. The minimum atomic E-state index is -0.342. The Balaban J connectivity index is 1.64. The van der Waals surface area contributed by atoms with Crippen LogP contribution in [0.3, 0.4) is 0 Å². The number of benzene rings is 2. The molecule has 0 aliphatic carbocycles. The summed E-state index contributed by atoms with van der Waals surface area (Å²) in [4.78, 5) is 20.6. The van der Waals surface area contributed by atoms with Crippen LogP contribution in [0.5, 0.6) is 5.75 Å². The van der Waals surface area contributed by atoms with Crippen LogP contribution in [0.1, 0.15) is 17.4 Å². The number of ether oxygens (including phenoxy) is 1. The number of halogens is 1. The summed E-state index contributed by atoms with van der Waals surface area (Å²) in [7, 11) is 0. The summed E-state index contributed by atoms with van der Waals surface area (Å²) in [5.41, 5.74) is 1.58. The third-order valence-corrected chi connectivity index (χ3v) is 3.77. The van der Waals surface area contributed by atoms with Crippen LogP contribution in [0.2, 0.25) is 5.02 Å². The van der Waals surface area contributed by atoms with E-state index in [1.165, 1.54) is 12.4 Å². The SMILES string of the molecule is CCOc1ccc(NC(=O)c2cnc(Nc3ccccc3Cl)cn2)cc1. The molecule has 3 aromatic rings. The molecule has 0 bridgehead atoms. The molecule has 132 valence electrons. The number of aromatic nitrogens is 2. The molecule has 1 aromatic heterocycles. The Bertz CT molecular complexity index is 883. The van der Waals surface area contributed by atoms with E-state index in [1.807, 2.05) is 25.1 Å². The van der Waals surface area contributed by atoms with Gasteiger partial charge in [0.05, 0.1) is 29.7 Å². The van der Waals surface area contributed by atoms with E-state index in [0.29, 0.717) is 23.1 Å². The van der Waals surface area contributed by atoms with Crippen LogP contribution >= 0.6 is 11.6 Å². The molecule has 0 unspecified atom stereocenters. The van der Waals surface area contributed by atoms with Crippen LogP contribution in [0.25, 0.3) is 0 Å². The van der Waals surface area contributed by atoms with E-state index in [1.54, 1.807) is 30.3 Å². The number of amides is 1. The molecule has 7 heteroatoms. The van der Waals surface area contributed by atoms with E-state index < -0.39 is 0 Å². The van der Waals surface area contributed by atoms with Gasteiger partial charge in [0.2, 0.25) is 0 Å². The lowest BCUT2D eigenvalue weighted by molar-refractivity contribution is 0.102. The highest BCUT2D eigenvalue weighted by molar-refractivity contribution is 6.33. The van der Waals surface area contributed by atoms with Crippen molar-refractivity contribution in [1.82, 2.24) is 9.97 Å². The van der Waals surface area contributed by atoms with E-state index >= 15 is 0 Å². The maximum Gasteiger partial charge on any atom is 0.275 e. The highest BCUT2D eigenvalue weighted by Gasteiger charge is 2.09. The fourth-order valence-electron chi connectivity index (χ4n) is 2.21. The van der Waals surface area contributed by atoms with Crippen molar-refractivity contribution in [3.8, 4) is 5.75 Å². The third-order valence-electron chi connectivity index (χ3n) is 3.44. The average molecular weight is 369 g/mol. The summed E-state index contributed by atoms with van der Waals surface area (Å²) in [5.74, 6) is 0.905. The maximum atomic E-state index is 12.3. The van der Waals surface area contributed by atoms with Crippen molar-refractivity contribution < 1.29 is 9.53 Å². The summed E-state index contributed by atoms with van der Waals surface area (Å²) >= 11 is 6.09. The fraction of sp³-hybridized carbons (Fsp3) is 0.105. The van der Waals surface area contributed by atoms with Gasteiger partial charge in [-0.15, -0.1) is 0 Å². The Morgan fingerprint density at radius 2 is 1.85 bits per heavy atom. The molecule has 0 saturated carbocycles. The molecule has 2 N–H and O–H groups in total. The molecule has 0 radical (unpaired) electrons. The number of anilines is 3. The zero-order valence-electron chi connectivity index (χ0n) is 14.1. The Morgan fingerprint density at radius 3 is 2.50 bits per heavy atom. The number of carbonyl (C=O) groups is 1. The Kier molecular flexibility index (Phi) is 5.66. The van der Waals surface area contributed by atoms with Gasteiger partial charge < -0.3 is 15.4 Å². The van der Waals surface area contributed by atoms with Gasteiger partial charge in [0.15, 0.2) is 0 Å². The van der Waals surface area contributed by atoms with Gasteiger partial charge >= 0.3 is 0 Å². The molecule has 1 heterocycles. The molecular formula is C19H17ClN4O2. The first kappa shape index (κ1) is 17.7. The lowest BCUT2D eigenvalue weighted by Crippen LogP contribution is -2.14. The summed E-state index contributed by atoms with van der Waals surface area (Å²) in [6, 6.07) is 14.4. The first-order valence-corrected chi connectivity index (χ1v) is 8.41. The van der Waals surface area contributed by atoms with Crippen LogP contribution in [0.15, 0.2) is 60.9 Å². The van der Waals surface area contributed by atoms with Gasteiger partial charge in [-0.05, 0) is 43.3 Å². The molecule has 1 amide bonds. The van der Waals surface area contributed by atoms with Crippen LogP contribution < -0.4 is 15.4 Å². The standard InChI is InChI=1S/C19H17ClN4O2/c1-2-26-14-9-7-13(8-10-14)23-19(25)17-11-22-18(12-21-17)24-16-6-4-3-5-15(16)20/h3-12H,2H2,1H3,(H,22,24)(H,23,25). The fourth-order valence-corrected chi connectivity index (χ4v) is 2.39. The number of hydrogen-bond acceptors (Lipinski definition) is 5. The van der Waals surface area contributed by atoms with E-state index in [-0.39, 0.29) is 11.6 Å². The van der Waals surface area contributed by atoms with Gasteiger partial charge in [0, 0.05) is 5.69 Å². The van der Waals surface area contributed by atoms with Crippen molar-refractivity contribution in [2.75, 3.05) is 17.2 Å². The monoisotopic (exact) mass is 368 g/mol. The summed E-state index contributed by atoms with van der Waals surface area (Å²) < 4.78 is 5.37. The normalized spacial score (nSPS) is 10.2. The van der Waals surface area contributed by atoms with E-state index in [9.17, 15) is 4.79 Å². The smallest absolute Gasteiger partial charge is 0.275 e. The van der Waals surface area contributed by atoms with Crippen molar-refractivity contribution >= 4 is 34.7 Å². The quantitative estimate of drug-likeness (QED) is 0.668. The number of hydrogen-bond donors (Lipinski definition) is 2. The van der Waals surface area contributed by atoms with Gasteiger partial charge in [0.25, 0.3) is 5.91 Å². The molecule has 6 nitrogen and oxygen atoms in total. The van der Waals surface area contributed by atoms with Crippen molar-refractivity contribution in [2.24, 2.45) is 0 Å².